The van der Waals surface area contributed by atoms with Crippen molar-refractivity contribution in [3.05, 3.63) is 29.8 Å². The zero-order chi connectivity index (χ0) is 11.7. The molecule has 0 amide bonds. The molecule has 0 bridgehead atoms. The summed E-state index contributed by atoms with van der Waals surface area (Å²) in [5, 5.41) is 0. The topological polar surface area (TPSA) is 6.48 Å². The van der Waals surface area contributed by atoms with Gasteiger partial charge in [-0.3, -0.25) is 0 Å². The number of anilines is 1. The first-order valence-corrected chi connectivity index (χ1v) is 6.84. The zero-order valence-electron chi connectivity index (χ0n) is 10.7. The molecule has 0 unspecified atom stereocenters. The van der Waals surface area contributed by atoms with Crippen LogP contribution in [0.15, 0.2) is 24.3 Å². The first-order chi connectivity index (χ1) is 8.33. The summed E-state index contributed by atoms with van der Waals surface area (Å²) in [5.74, 6) is 0.900. The van der Waals surface area contributed by atoms with Crippen LogP contribution >= 0.6 is 0 Å². The Morgan fingerprint density at radius 2 is 1.88 bits per heavy atom. The maximum Gasteiger partial charge on any atom is 0.0399 e. The van der Waals surface area contributed by atoms with Crippen molar-refractivity contribution in [3.8, 4) is 0 Å². The quantitative estimate of drug-likeness (QED) is 0.769. The van der Waals surface area contributed by atoms with Crippen molar-refractivity contribution in [2.24, 2.45) is 5.92 Å². The van der Waals surface area contributed by atoms with Gasteiger partial charge in [0.1, 0.15) is 0 Å². The standard InChI is InChI=1S/C15H22N2/c1-16-9-6-13(7-10-16)12-17-11-8-14-4-2-3-5-15(14)17/h2-5,13H,6-12H2,1H3. The molecule has 0 atom stereocenters. The first-order valence-electron chi connectivity index (χ1n) is 6.84. The summed E-state index contributed by atoms with van der Waals surface area (Å²) in [6, 6.07) is 8.91. The van der Waals surface area contributed by atoms with E-state index >= 15 is 0 Å². The van der Waals surface area contributed by atoms with Crippen molar-refractivity contribution in [1.29, 1.82) is 0 Å². The number of benzene rings is 1. The molecule has 0 aromatic heterocycles. The van der Waals surface area contributed by atoms with E-state index in [0.29, 0.717) is 0 Å². The smallest absolute Gasteiger partial charge is 0.0399 e. The lowest BCUT2D eigenvalue weighted by molar-refractivity contribution is 0.222. The van der Waals surface area contributed by atoms with Gasteiger partial charge in [-0.25, -0.2) is 0 Å². The number of hydrogen-bond donors (Lipinski definition) is 0. The van der Waals surface area contributed by atoms with Gasteiger partial charge in [-0.1, -0.05) is 18.2 Å². The van der Waals surface area contributed by atoms with Gasteiger partial charge in [0.15, 0.2) is 0 Å². The minimum atomic E-state index is 0.900. The van der Waals surface area contributed by atoms with E-state index in [1.54, 1.807) is 5.56 Å². The zero-order valence-corrected chi connectivity index (χ0v) is 10.7. The summed E-state index contributed by atoms with van der Waals surface area (Å²) >= 11 is 0. The van der Waals surface area contributed by atoms with Gasteiger partial charge in [0.2, 0.25) is 0 Å². The van der Waals surface area contributed by atoms with Crippen LogP contribution < -0.4 is 4.90 Å². The maximum absolute atomic E-state index is 2.60. The number of rotatable bonds is 2. The Morgan fingerprint density at radius 3 is 2.71 bits per heavy atom. The lowest BCUT2D eigenvalue weighted by Gasteiger charge is -2.32. The van der Waals surface area contributed by atoms with E-state index in [0.717, 1.165) is 5.92 Å². The third kappa shape index (κ3) is 2.32. The van der Waals surface area contributed by atoms with Crippen LogP contribution in [0.1, 0.15) is 18.4 Å². The van der Waals surface area contributed by atoms with Crippen LogP contribution in [0.4, 0.5) is 5.69 Å². The molecule has 3 rings (SSSR count). The Hall–Kier alpha value is -1.02. The number of fused-ring (bicyclic) bond motifs is 1. The largest absolute Gasteiger partial charge is 0.371 e. The fourth-order valence-corrected chi connectivity index (χ4v) is 3.15. The average Bonchev–Trinajstić information content (AvgIpc) is 2.76. The van der Waals surface area contributed by atoms with Gasteiger partial charge >= 0.3 is 0 Å². The monoisotopic (exact) mass is 230 g/mol. The van der Waals surface area contributed by atoms with E-state index < -0.39 is 0 Å². The molecule has 1 saturated heterocycles. The Balaban J connectivity index is 1.64. The highest BCUT2D eigenvalue weighted by atomic mass is 15.2. The highest BCUT2D eigenvalue weighted by Gasteiger charge is 2.23. The van der Waals surface area contributed by atoms with Gasteiger partial charge in [0.25, 0.3) is 0 Å². The van der Waals surface area contributed by atoms with Gasteiger partial charge < -0.3 is 9.80 Å². The molecule has 2 nitrogen and oxygen atoms in total. The van der Waals surface area contributed by atoms with E-state index in [4.69, 9.17) is 0 Å². The van der Waals surface area contributed by atoms with E-state index in [-0.39, 0.29) is 0 Å². The summed E-state index contributed by atoms with van der Waals surface area (Å²) in [7, 11) is 2.24. The molecule has 2 aliphatic rings. The van der Waals surface area contributed by atoms with Crippen molar-refractivity contribution in [2.75, 3.05) is 38.1 Å². The minimum absolute atomic E-state index is 0.900. The normalized spacial score (nSPS) is 21.8. The molecule has 0 N–H and O–H groups in total. The number of hydrogen-bond acceptors (Lipinski definition) is 2. The van der Waals surface area contributed by atoms with Gasteiger partial charge in [-0.05, 0) is 56.9 Å². The Morgan fingerprint density at radius 1 is 1.12 bits per heavy atom. The molecule has 2 heterocycles. The van der Waals surface area contributed by atoms with E-state index in [2.05, 4.69) is 41.1 Å². The predicted octanol–water partition coefficient (Wildman–Crippen LogP) is 2.39. The van der Waals surface area contributed by atoms with E-state index in [1.807, 2.05) is 0 Å². The highest BCUT2D eigenvalue weighted by molar-refractivity contribution is 5.57. The molecule has 0 aliphatic carbocycles. The predicted molar refractivity (Wildman–Crippen MR) is 72.6 cm³/mol. The molecule has 1 aromatic carbocycles. The first kappa shape index (κ1) is 11.1. The maximum atomic E-state index is 2.60. The van der Waals surface area contributed by atoms with Crippen LogP contribution in [0.25, 0.3) is 0 Å². The minimum Gasteiger partial charge on any atom is -0.371 e. The fourth-order valence-electron chi connectivity index (χ4n) is 3.15. The lowest BCUT2D eigenvalue weighted by atomic mass is 9.96. The van der Waals surface area contributed by atoms with E-state index in [9.17, 15) is 0 Å². The second-order valence-corrected chi connectivity index (χ2v) is 5.57. The number of piperidine rings is 1. The molecule has 0 saturated carbocycles. The van der Waals surface area contributed by atoms with E-state index in [1.165, 1.54) is 51.1 Å². The molecular formula is C15H22N2. The Labute approximate surface area is 104 Å². The lowest BCUT2D eigenvalue weighted by Crippen LogP contribution is -2.36. The van der Waals surface area contributed by atoms with Crippen LogP contribution in [-0.4, -0.2) is 38.1 Å². The molecule has 17 heavy (non-hydrogen) atoms. The van der Waals surface area contributed by atoms with Crippen LogP contribution in [0.2, 0.25) is 0 Å². The van der Waals surface area contributed by atoms with Gasteiger partial charge in [0.05, 0.1) is 0 Å². The fraction of sp³-hybridized carbons (Fsp3) is 0.600. The van der Waals surface area contributed by atoms with Crippen molar-refractivity contribution < 1.29 is 0 Å². The molecule has 2 heteroatoms. The van der Waals surface area contributed by atoms with Crippen molar-refractivity contribution >= 4 is 5.69 Å². The SMILES string of the molecule is CN1CCC(CN2CCc3ccccc32)CC1. The van der Waals surface area contributed by atoms with Gasteiger partial charge in [-0.2, -0.15) is 0 Å². The summed E-state index contributed by atoms with van der Waals surface area (Å²) in [6.07, 6.45) is 3.98. The molecular weight excluding hydrogens is 208 g/mol. The second-order valence-electron chi connectivity index (χ2n) is 5.57. The summed E-state index contributed by atoms with van der Waals surface area (Å²) in [6.45, 7) is 5.05. The van der Waals surface area contributed by atoms with Gasteiger partial charge in [0, 0.05) is 18.8 Å². The average molecular weight is 230 g/mol. The third-order valence-corrected chi connectivity index (χ3v) is 4.30. The Kier molecular flexibility index (Phi) is 3.06. The number of likely N-dealkylation sites (tertiary alicyclic amines) is 1. The van der Waals surface area contributed by atoms with Gasteiger partial charge in [-0.15, -0.1) is 0 Å². The summed E-state index contributed by atoms with van der Waals surface area (Å²) in [4.78, 5) is 5.06. The third-order valence-electron chi connectivity index (χ3n) is 4.30. The molecule has 92 valence electrons. The molecule has 1 fully saturated rings. The van der Waals surface area contributed by atoms with Crippen LogP contribution in [0, 0.1) is 5.92 Å². The van der Waals surface area contributed by atoms with Crippen molar-refractivity contribution in [2.45, 2.75) is 19.3 Å². The molecule has 1 aromatic rings. The van der Waals surface area contributed by atoms with Crippen LogP contribution in [-0.2, 0) is 6.42 Å². The summed E-state index contributed by atoms with van der Waals surface area (Å²) in [5.41, 5.74) is 3.03. The Bertz CT molecular complexity index is 380. The second kappa shape index (κ2) is 4.69. The molecule has 2 aliphatic heterocycles. The number of para-hydroxylation sites is 1. The number of nitrogens with zero attached hydrogens (tertiary/aromatic N) is 2. The summed E-state index contributed by atoms with van der Waals surface area (Å²) < 4.78 is 0. The van der Waals surface area contributed by atoms with Crippen LogP contribution in [0.5, 0.6) is 0 Å². The molecule has 0 radical (unpaired) electrons. The molecule has 0 spiro atoms. The van der Waals surface area contributed by atoms with Crippen molar-refractivity contribution in [3.63, 3.8) is 0 Å². The van der Waals surface area contributed by atoms with Crippen molar-refractivity contribution in [1.82, 2.24) is 4.90 Å². The highest BCUT2D eigenvalue weighted by Crippen LogP contribution is 2.29. The van der Waals surface area contributed by atoms with Crippen LogP contribution in [0.3, 0.4) is 0 Å².